The van der Waals surface area contributed by atoms with Crippen molar-refractivity contribution in [1.82, 2.24) is 30.4 Å². The molecule has 0 bridgehead atoms. The molecule has 96 valence electrons. The first-order valence-corrected chi connectivity index (χ1v) is 6.44. The second-order valence-electron chi connectivity index (χ2n) is 4.72. The molecule has 0 atom stereocenters. The van der Waals surface area contributed by atoms with Crippen LogP contribution in [0.3, 0.4) is 0 Å². The summed E-state index contributed by atoms with van der Waals surface area (Å²) in [6.45, 7) is 7.52. The van der Waals surface area contributed by atoms with Crippen molar-refractivity contribution in [2.24, 2.45) is 13.0 Å². The van der Waals surface area contributed by atoms with E-state index in [-0.39, 0.29) is 0 Å². The summed E-state index contributed by atoms with van der Waals surface area (Å²) in [6, 6.07) is 0. The highest BCUT2D eigenvalue weighted by molar-refractivity contribution is 4.80. The molecule has 1 N–H and O–H groups in total. The lowest BCUT2D eigenvalue weighted by Crippen LogP contribution is -2.37. The lowest BCUT2D eigenvalue weighted by atomic mass is 9.97. The Morgan fingerprint density at radius 2 is 2.12 bits per heavy atom. The normalized spacial score (nSPS) is 18.7. The van der Waals surface area contributed by atoms with E-state index in [2.05, 4.69) is 32.6 Å². The van der Waals surface area contributed by atoms with Crippen LogP contribution in [-0.2, 0) is 13.6 Å². The average Bonchev–Trinajstić information content (AvgIpc) is 2.74. The summed E-state index contributed by atoms with van der Waals surface area (Å²) < 4.78 is 0. The molecule has 0 spiro atoms. The summed E-state index contributed by atoms with van der Waals surface area (Å²) in [5, 5.41) is 15.5. The van der Waals surface area contributed by atoms with Crippen LogP contribution in [0.1, 0.15) is 25.6 Å². The fourth-order valence-electron chi connectivity index (χ4n) is 2.28. The van der Waals surface area contributed by atoms with E-state index in [4.69, 9.17) is 0 Å². The lowest BCUT2D eigenvalue weighted by molar-refractivity contribution is 0.172. The number of likely N-dealkylation sites (tertiary alicyclic amines) is 1. The minimum atomic E-state index is 0.831. The number of aryl methyl sites for hydroxylation is 1. The van der Waals surface area contributed by atoms with Gasteiger partial charge in [-0.05, 0) is 50.2 Å². The third-order valence-electron chi connectivity index (χ3n) is 3.30. The van der Waals surface area contributed by atoms with Gasteiger partial charge in [-0.3, -0.25) is 4.90 Å². The molecule has 1 fully saturated rings. The van der Waals surface area contributed by atoms with Gasteiger partial charge >= 0.3 is 0 Å². The van der Waals surface area contributed by atoms with Gasteiger partial charge in [-0.15, -0.1) is 10.2 Å². The van der Waals surface area contributed by atoms with Crippen molar-refractivity contribution in [3.63, 3.8) is 0 Å². The monoisotopic (exact) mass is 238 g/mol. The van der Waals surface area contributed by atoms with Gasteiger partial charge in [-0.2, -0.15) is 4.80 Å². The van der Waals surface area contributed by atoms with Gasteiger partial charge in [0.1, 0.15) is 0 Å². The summed E-state index contributed by atoms with van der Waals surface area (Å²) in [4.78, 5) is 3.94. The predicted octanol–water partition coefficient (Wildman–Crippen LogP) is 0.0316. The quantitative estimate of drug-likeness (QED) is 0.784. The Kier molecular flexibility index (Phi) is 4.44. The van der Waals surface area contributed by atoms with Crippen molar-refractivity contribution in [2.45, 2.75) is 26.3 Å². The molecule has 1 aromatic heterocycles. The van der Waals surface area contributed by atoms with Crippen molar-refractivity contribution in [3.8, 4) is 0 Å². The molecule has 1 aliphatic heterocycles. The molecule has 2 heterocycles. The topological polar surface area (TPSA) is 58.9 Å². The smallest absolute Gasteiger partial charge is 0.188 e. The third kappa shape index (κ3) is 3.74. The van der Waals surface area contributed by atoms with Crippen molar-refractivity contribution >= 4 is 0 Å². The number of nitrogens with one attached hydrogen (secondary N) is 1. The minimum Gasteiger partial charge on any atom is -0.317 e. The Balaban J connectivity index is 1.72. The van der Waals surface area contributed by atoms with E-state index >= 15 is 0 Å². The van der Waals surface area contributed by atoms with E-state index in [9.17, 15) is 0 Å². The highest BCUT2D eigenvalue weighted by Gasteiger charge is 2.19. The van der Waals surface area contributed by atoms with Crippen LogP contribution in [0.15, 0.2) is 0 Å². The molecule has 0 amide bonds. The molecule has 6 nitrogen and oxygen atoms in total. The number of hydrogen-bond acceptors (Lipinski definition) is 5. The first-order chi connectivity index (χ1) is 8.28. The van der Waals surface area contributed by atoms with Gasteiger partial charge in [0, 0.05) is 0 Å². The van der Waals surface area contributed by atoms with Crippen molar-refractivity contribution in [2.75, 3.05) is 26.2 Å². The number of piperidine rings is 1. The van der Waals surface area contributed by atoms with E-state index < -0.39 is 0 Å². The van der Waals surface area contributed by atoms with Crippen LogP contribution in [0.5, 0.6) is 0 Å². The van der Waals surface area contributed by atoms with Gasteiger partial charge in [0.2, 0.25) is 0 Å². The molecule has 1 aromatic rings. The predicted molar refractivity (Wildman–Crippen MR) is 65.3 cm³/mol. The first kappa shape index (κ1) is 12.4. The number of aromatic nitrogens is 4. The third-order valence-corrected chi connectivity index (χ3v) is 3.30. The molecular weight excluding hydrogens is 216 g/mol. The largest absolute Gasteiger partial charge is 0.317 e. The molecule has 1 saturated heterocycles. The number of tetrazole rings is 1. The molecule has 0 unspecified atom stereocenters. The second kappa shape index (κ2) is 6.07. The maximum absolute atomic E-state index is 4.21. The molecular formula is C11H22N6. The maximum Gasteiger partial charge on any atom is 0.188 e. The number of rotatable bonds is 5. The van der Waals surface area contributed by atoms with Crippen LogP contribution in [0.25, 0.3) is 0 Å². The van der Waals surface area contributed by atoms with Gasteiger partial charge in [-0.1, -0.05) is 6.92 Å². The fraction of sp³-hybridized carbons (Fsp3) is 0.909. The van der Waals surface area contributed by atoms with Crippen LogP contribution >= 0.6 is 0 Å². The second-order valence-corrected chi connectivity index (χ2v) is 4.72. The zero-order chi connectivity index (χ0) is 12.1. The number of nitrogens with zero attached hydrogens (tertiary/aromatic N) is 5. The van der Waals surface area contributed by atoms with Crippen molar-refractivity contribution < 1.29 is 0 Å². The summed E-state index contributed by atoms with van der Waals surface area (Å²) in [5.41, 5.74) is 0. The van der Waals surface area contributed by atoms with Crippen LogP contribution in [0, 0.1) is 5.92 Å². The molecule has 6 heteroatoms. The van der Waals surface area contributed by atoms with E-state index in [0.717, 1.165) is 44.5 Å². The summed E-state index contributed by atoms with van der Waals surface area (Å²) in [7, 11) is 1.80. The highest BCUT2D eigenvalue weighted by atomic mass is 15.6. The van der Waals surface area contributed by atoms with Gasteiger partial charge in [-0.25, -0.2) is 0 Å². The number of hydrogen-bond donors (Lipinski definition) is 1. The zero-order valence-electron chi connectivity index (χ0n) is 10.8. The Morgan fingerprint density at radius 1 is 1.35 bits per heavy atom. The van der Waals surface area contributed by atoms with Crippen molar-refractivity contribution in [1.29, 1.82) is 0 Å². The first-order valence-electron chi connectivity index (χ1n) is 6.44. The molecule has 0 aromatic carbocycles. The van der Waals surface area contributed by atoms with Gasteiger partial charge in [0.25, 0.3) is 0 Å². The Morgan fingerprint density at radius 3 is 2.71 bits per heavy atom. The maximum atomic E-state index is 4.21. The van der Waals surface area contributed by atoms with E-state index in [1.807, 2.05) is 0 Å². The summed E-state index contributed by atoms with van der Waals surface area (Å²) >= 11 is 0. The molecule has 17 heavy (non-hydrogen) atoms. The summed E-state index contributed by atoms with van der Waals surface area (Å²) in [6.07, 6.45) is 2.54. The SMILES string of the molecule is CCNCC1CCN(Cc2nnn(C)n2)CC1. The zero-order valence-corrected chi connectivity index (χ0v) is 10.8. The molecule has 0 radical (unpaired) electrons. The van der Waals surface area contributed by atoms with Crippen LogP contribution in [0.2, 0.25) is 0 Å². The summed E-state index contributed by atoms with van der Waals surface area (Å²) in [5.74, 6) is 1.67. The molecule has 1 aliphatic rings. The fourth-order valence-corrected chi connectivity index (χ4v) is 2.28. The Hall–Kier alpha value is -1.01. The standard InChI is InChI=1S/C11H22N6/c1-3-12-8-10-4-6-17(7-5-10)9-11-13-15-16(2)14-11/h10,12H,3-9H2,1-2H3. The van der Waals surface area contributed by atoms with Gasteiger partial charge in [0.15, 0.2) is 5.82 Å². The van der Waals surface area contributed by atoms with Crippen LogP contribution in [-0.4, -0.2) is 51.3 Å². The Labute approximate surface area is 102 Å². The molecule has 0 saturated carbocycles. The van der Waals surface area contributed by atoms with Gasteiger partial charge in [0.05, 0.1) is 13.6 Å². The van der Waals surface area contributed by atoms with E-state index in [1.54, 1.807) is 7.05 Å². The highest BCUT2D eigenvalue weighted by Crippen LogP contribution is 2.17. The van der Waals surface area contributed by atoms with E-state index in [1.165, 1.54) is 17.6 Å². The van der Waals surface area contributed by atoms with Gasteiger partial charge < -0.3 is 5.32 Å². The minimum absolute atomic E-state index is 0.831. The van der Waals surface area contributed by atoms with Crippen LogP contribution < -0.4 is 5.32 Å². The van der Waals surface area contributed by atoms with E-state index in [0.29, 0.717) is 0 Å². The molecule has 2 rings (SSSR count). The molecule has 0 aliphatic carbocycles. The van der Waals surface area contributed by atoms with Crippen molar-refractivity contribution in [3.05, 3.63) is 5.82 Å². The van der Waals surface area contributed by atoms with Crippen LogP contribution in [0.4, 0.5) is 0 Å². The Bertz CT molecular complexity index is 328. The average molecular weight is 238 g/mol. The lowest BCUT2D eigenvalue weighted by Gasteiger charge is -2.31.